The van der Waals surface area contributed by atoms with Gasteiger partial charge in [0.25, 0.3) is 0 Å². The summed E-state index contributed by atoms with van der Waals surface area (Å²) in [6.45, 7) is 0.202. The summed E-state index contributed by atoms with van der Waals surface area (Å²) in [5, 5.41) is 8.18. The molecule has 42 valence electrons. The molecule has 0 unspecified atom stereocenters. The molecule has 0 radical (unpaired) electrons. The topological polar surface area (TPSA) is 37.3 Å². The largest absolute Gasteiger partial charge is 0.396 e. The molecule has 0 aliphatic carbocycles. The van der Waals surface area contributed by atoms with E-state index in [4.69, 9.17) is 5.11 Å². The van der Waals surface area contributed by atoms with Crippen molar-refractivity contribution in [3.05, 3.63) is 0 Å². The summed E-state index contributed by atoms with van der Waals surface area (Å²) < 4.78 is 0. The molecule has 0 saturated heterocycles. The van der Waals surface area contributed by atoms with Crippen LogP contribution in [-0.4, -0.2) is 18.0 Å². The average Bonchev–Trinajstić information content (AvgIpc) is 1.69. The average molecular weight is 102 g/mol. The number of hydrogen-bond acceptors (Lipinski definition) is 2. The summed E-state index contributed by atoms with van der Waals surface area (Å²) in [5.74, 6) is 0. The van der Waals surface area contributed by atoms with E-state index in [-0.39, 0.29) is 6.61 Å². The van der Waals surface area contributed by atoms with Crippen LogP contribution < -0.4 is 0 Å². The predicted octanol–water partition coefficient (Wildman–Crippen LogP) is 0.348. The Labute approximate surface area is 43.2 Å². The number of aliphatic hydroxyl groups excluding tert-OH is 1. The lowest BCUT2D eigenvalue weighted by Gasteiger charge is -1.85. The lowest BCUT2D eigenvalue weighted by Crippen LogP contribution is -1.82. The van der Waals surface area contributed by atoms with Crippen molar-refractivity contribution < 1.29 is 9.90 Å². The molecule has 0 amide bonds. The molecular formula is C5H10O2. The van der Waals surface area contributed by atoms with E-state index in [0.717, 1.165) is 19.1 Å². The molecule has 0 aliphatic rings. The van der Waals surface area contributed by atoms with Crippen molar-refractivity contribution in [1.82, 2.24) is 0 Å². The second-order valence-corrected chi connectivity index (χ2v) is 1.39. The molecule has 0 saturated carbocycles. The predicted molar refractivity (Wildman–Crippen MR) is 27.0 cm³/mol. The molecule has 0 spiro atoms. The lowest BCUT2D eigenvalue weighted by atomic mass is 10.3. The second kappa shape index (κ2) is 5.63. The van der Waals surface area contributed by atoms with Gasteiger partial charge in [-0.25, -0.2) is 0 Å². The van der Waals surface area contributed by atoms with Gasteiger partial charge in [-0.2, -0.15) is 0 Å². The highest BCUT2D eigenvalue weighted by atomic mass is 16.2. The van der Waals surface area contributed by atoms with Crippen molar-refractivity contribution in [1.29, 1.82) is 0 Å². The minimum absolute atomic E-state index is 0.202. The van der Waals surface area contributed by atoms with Crippen molar-refractivity contribution in [3.63, 3.8) is 0 Å². The molecule has 0 fully saturated rings. The van der Waals surface area contributed by atoms with Crippen LogP contribution in [0.2, 0.25) is 0 Å². The van der Waals surface area contributed by atoms with E-state index in [1.54, 1.807) is 0 Å². The first-order chi connectivity index (χ1) is 3.41. The van der Waals surface area contributed by atoms with Gasteiger partial charge in [-0.1, -0.05) is 0 Å². The Morgan fingerprint density at radius 3 is 2.57 bits per heavy atom. The van der Waals surface area contributed by atoms with Crippen molar-refractivity contribution in [2.24, 2.45) is 0 Å². The Morgan fingerprint density at radius 1 is 1.43 bits per heavy atom. The van der Waals surface area contributed by atoms with Gasteiger partial charge in [0.2, 0.25) is 0 Å². The molecule has 0 rings (SSSR count). The summed E-state index contributed by atoms with van der Waals surface area (Å²) in [5.41, 5.74) is 0. The molecule has 0 bridgehead atoms. The number of aliphatic hydroxyl groups is 1. The molecule has 2 nitrogen and oxygen atoms in total. The molecule has 0 aromatic carbocycles. The fourth-order valence-electron chi connectivity index (χ4n) is 0.339. The third-order valence-electron chi connectivity index (χ3n) is 0.730. The number of hydrogen-bond donors (Lipinski definition) is 1. The third-order valence-corrected chi connectivity index (χ3v) is 0.730. The van der Waals surface area contributed by atoms with Gasteiger partial charge in [0.15, 0.2) is 0 Å². The number of carbonyl (C=O) groups is 1. The van der Waals surface area contributed by atoms with Crippen LogP contribution in [0.4, 0.5) is 0 Å². The standard InChI is InChI=1S/C5H10O2/c6-4-2-1-3-5-7/h4,7H,1-3,5H2. The molecule has 7 heavy (non-hydrogen) atoms. The normalized spacial score (nSPS) is 8.71. The van der Waals surface area contributed by atoms with Crippen molar-refractivity contribution >= 4 is 6.29 Å². The van der Waals surface area contributed by atoms with Crippen LogP contribution in [0, 0.1) is 0 Å². The Hall–Kier alpha value is -0.370. The number of unbranched alkanes of at least 4 members (excludes halogenated alkanes) is 2. The van der Waals surface area contributed by atoms with E-state index >= 15 is 0 Å². The maximum Gasteiger partial charge on any atom is 0.119 e. The highest BCUT2D eigenvalue weighted by molar-refractivity contribution is 5.48. The monoisotopic (exact) mass is 102 g/mol. The van der Waals surface area contributed by atoms with Gasteiger partial charge in [-0.15, -0.1) is 0 Å². The Kier molecular flexibility index (Phi) is 5.33. The fraction of sp³-hybridized carbons (Fsp3) is 0.800. The van der Waals surface area contributed by atoms with Crippen LogP contribution in [0.5, 0.6) is 0 Å². The molecule has 0 aliphatic heterocycles. The summed E-state index contributed by atoms with van der Waals surface area (Å²) in [6, 6.07) is 0. The summed E-state index contributed by atoms with van der Waals surface area (Å²) in [4.78, 5) is 9.60. The zero-order valence-electron chi connectivity index (χ0n) is 4.26. The maximum absolute atomic E-state index is 9.60. The van der Waals surface area contributed by atoms with E-state index in [1.807, 2.05) is 0 Å². The van der Waals surface area contributed by atoms with E-state index in [1.165, 1.54) is 0 Å². The molecule has 0 atom stereocenters. The highest BCUT2D eigenvalue weighted by Crippen LogP contribution is 1.88. The fourth-order valence-corrected chi connectivity index (χ4v) is 0.339. The SMILES string of the molecule is O=CCCCCO. The smallest absolute Gasteiger partial charge is 0.119 e. The Balaban J connectivity index is 2.56. The molecule has 1 N–H and O–H groups in total. The third kappa shape index (κ3) is 5.63. The van der Waals surface area contributed by atoms with Gasteiger partial charge < -0.3 is 9.90 Å². The Bertz CT molecular complexity index is 43.3. The number of rotatable bonds is 4. The van der Waals surface area contributed by atoms with Crippen LogP contribution in [0.1, 0.15) is 19.3 Å². The van der Waals surface area contributed by atoms with Crippen molar-refractivity contribution in [2.75, 3.05) is 6.61 Å². The summed E-state index contributed by atoms with van der Waals surface area (Å²) in [6.07, 6.45) is 3.02. The van der Waals surface area contributed by atoms with E-state index in [2.05, 4.69) is 0 Å². The molecule has 2 heteroatoms. The van der Waals surface area contributed by atoms with Gasteiger partial charge in [0, 0.05) is 13.0 Å². The maximum atomic E-state index is 9.60. The molecule has 0 aromatic heterocycles. The van der Waals surface area contributed by atoms with Gasteiger partial charge in [-0.05, 0) is 12.8 Å². The summed E-state index contributed by atoms with van der Waals surface area (Å²) in [7, 11) is 0. The van der Waals surface area contributed by atoms with Crippen LogP contribution in [-0.2, 0) is 4.79 Å². The van der Waals surface area contributed by atoms with Crippen LogP contribution in [0.15, 0.2) is 0 Å². The first kappa shape index (κ1) is 6.63. The van der Waals surface area contributed by atoms with E-state index in [9.17, 15) is 4.79 Å². The molecule has 0 heterocycles. The van der Waals surface area contributed by atoms with Gasteiger partial charge in [-0.3, -0.25) is 0 Å². The number of aldehydes is 1. The lowest BCUT2D eigenvalue weighted by molar-refractivity contribution is -0.107. The van der Waals surface area contributed by atoms with Crippen LogP contribution in [0.25, 0.3) is 0 Å². The van der Waals surface area contributed by atoms with Gasteiger partial charge in [0.05, 0.1) is 0 Å². The van der Waals surface area contributed by atoms with Crippen molar-refractivity contribution in [3.8, 4) is 0 Å². The van der Waals surface area contributed by atoms with Crippen LogP contribution in [0.3, 0.4) is 0 Å². The molecular weight excluding hydrogens is 92.1 g/mol. The zero-order valence-corrected chi connectivity index (χ0v) is 4.26. The first-order valence-electron chi connectivity index (χ1n) is 2.46. The van der Waals surface area contributed by atoms with Gasteiger partial charge >= 0.3 is 0 Å². The highest BCUT2D eigenvalue weighted by Gasteiger charge is 1.80. The molecule has 0 aromatic rings. The van der Waals surface area contributed by atoms with Crippen molar-refractivity contribution in [2.45, 2.75) is 19.3 Å². The minimum Gasteiger partial charge on any atom is -0.396 e. The first-order valence-corrected chi connectivity index (χ1v) is 2.46. The Morgan fingerprint density at radius 2 is 2.14 bits per heavy atom. The quantitative estimate of drug-likeness (QED) is 0.410. The van der Waals surface area contributed by atoms with Crippen LogP contribution >= 0.6 is 0 Å². The minimum atomic E-state index is 0.202. The second-order valence-electron chi connectivity index (χ2n) is 1.39. The number of carbonyl (C=O) groups excluding carboxylic acids is 1. The van der Waals surface area contributed by atoms with E-state index < -0.39 is 0 Å². The summed E-state index contributed by atoms with van der Waals surface area (Å²) >= 11 is 0. The van der Waals surface area contributed by atoms with Gasteiger partial charge in [0.1, 0.15) is 6.29 Å². The van der Waals surface area contributed by atoms with E-state index in [0.29, 0.717) is 6.42 Å². The zero-order chi connectivity index (χ0) is 5.54.